The van der Waals surface area contributed by atoms with Gasteiger partial charge in [0.15, 0.2) is 17.3 Å². The van der Waals surface area contributed by atoms with Gasteiger partial charge in [0.05, 0.1) is 44.9 Å². The molecule has 6 rings (SSSR count). The fourth-order valence-corrected chi connectivity index (χ4v) is 6.27. The number of nitrogens with one attached hydrogen (secondary N) is 1. The molecule has 0 spiro atoms. The molecule has 2 saturated heterocycles. The number of nitrogens with zero attached hydrogens (tertiary/aromatic N) is 8. The summed E-state index contributed by atoms with van der Waals surface area (Å²) < 4.78 is 26.0. The molecule has 2 aliphatic heterocycles. The van der Waals surface area contributed by atoms with Crippen LogP contribution in [0.4, 0.5) is 22.4 Å². The highest BCUT2D eigenvalue weighted by Crippen LogP contribution is 2.39. The van der Waals surface area contributed by atoms with Crippen molar-refractivity contribution in [3.8, 4) is 22.9 Å². The van der Waals surface area contributed by atoms with Gasteiger partial charge in [0.2, 0.25) is 11.7 Å². The van der Waals surface area contributed by atoms with Crippen molar-refractivity contribution in [2.75, 3.05) is 64.3 Å². The molecule has 1 amide bonds. The van der Waals surface area contributed by atoms with E-state index in [9.17, 15) is 4.79 Å². The Labute approximate surface area is 286 Å². The molecule has 1 atom stereocenters. The monoisotopic (exact) mass is 674 g/mol. The number of nitrogens with two attached hydrogens (primary N) is 1. The van der Waals surface area contributed by atoms with Crippen LogP contribution >= 0.6 is 0 Å². The average Bonchev–Trinajstić information content (AvgIpc) is 3.84. The van der Waals surface area contributed by atoms with Gasteiger partial charge in [-0.1, -0.05) is 6.58 Å². The summed E-state index contributed by atoms with van der Waals surface area (Å²) in [6, 6.07) is 7.74. The van der Waals surface area contributed by atoms with Crippen molar-refractivity contribution in [1.29, 1.82) is 0 Å². The van der Waals surface area contributed by atoms with Crippen LogP contribution < -0.4 is 30.2 Å². The molecule has 0 aliphatic carbocycles. The Hall–Kier alpha value is -5.18. The predicted molar refractivity (Wildman–Crippen MR) is 186 cm³/mol. The zero-order valence-corrected chi connectivity index (χ0v) is 29.1. The van der Waals surface area contributed by atoms with Gasteiger partial charge in [-0.15, -0.1) is 5.10 Å². The maximum atomic E-state index is 12.6. The summed E-state index contributed by atoms with van der Waals surface area (Å²) >= 11 is 0. The van der Waals surface area contributed by atoms with Crippen LogP contribution in [0.5, 0.6) is 17.2 Å². The average molecular weight is 675 g/mol. The number of benzene rings is 1. The Morgan fingerprint density at radius 1 is 1.04 bits per heavy atom. The van der Waals surface area contributed by atoms with Crippen molar-refractivity contribution in [3.05, 3.63) is 54.8 Å². The number of carbonyl (C=O) groups excluding carboxylic acids is 1. The second-order valence-electron chi connectivity index (χ2n) is 13.2. The van der Waals surface area contributed by atoms with Crippen molar-refractivity contribution >= 4 is 29.2 Å². The smallest absolute Gasteiger partial charge is 0.410 e. The zero-order chi connectivity index (χ0) is 34.9. The van der Waals surface area contributed by atoms with E-state index < -0.39 is 5.60 Å². The normalized spacial score (nSPS) is 17.0. The maximum Gasteiger partial charge on any atom is 0.410 e. The van der Waals surface area contributed by atoms with E-state index in [1.54, 1.807) is 32.6 Å². The molecule has 2 aliphatic rings. The minimum atomic E-state index is -0.526. The second kappa shape index (κ2) is 13.7. The van der Waals surface area contributed by atoms with E-state index in [0.717, 1.165) is 49.4 Å². The number of methoxy groups -OCH3 is 3. The Morgan fingerprint density at radius 3 is 2.39 bits per heavy atom. The lowest BCUT2D eigenvalue weighted by Gasteiger charge is -2.35. The van der Waals surface area contributed by atoms with E-state index in [-0.39, 0.29) is 12.1 Å². The van der Waals surface area contributed by atoms with Crippen LogP contribution in [0.1, 0.15) is 39.3 Å². The summed E-state index contributed by atoms with van der Waals surface area (Å²) in [5.41, 5.74) is 8.87. The van der Waals surface area contributed by atoms with Crippen LogP contribution in [0.15, 0.2) is 49.1 Å². The van der Waals surface area contributed by atoms with Gasteiger partial charge in [-0.25, -0.2) is 14.3 Å². The van der Waals surface area contributed by atoms with Gasteiger partial charge in [-0.2, -0.15) is 4.98 Å². The Morgan fingerprint density at radius 2 is 1.76 bits per heavy atom. The highest BCUT2D eigenvalue weighted by atomic mass is 16.6. The Kier molecular flexibility index (Phi) is 9.45. The number of anilines is 3. The Balaban J connectivity index is 1.28. The molecule has 5 heterocycles. The molecule has 15 nitrogen and oxygen atoms in total. The van der Waals surface area contributed by atoms with E-state index in [0.29, 0.717) is 60.2 Å². The van der Waals surface area contributed by atoms with Crippen molar-refractivity contribution in [2.45, 2.75) is 51.8 Å². The number of carbonyl (C=O) groups is 1. The van der Waals surface area contributed by atoms with E-state index >= 15 is 0 Å². The van der Waals surface area contributed by atoms with Crippen LogP contribution in [0.2, 0.25) is 0 Å². The molecule has 0 radical (unpaired) electrons. The third-order valence-electron chi connectivity index (χ3n) is 8.70. The number of piperazine rings is 1. The van der Waals surface area contributed by atoms with Gasteiger partial charge in [0, 0.05) is 57.1 Å². The van der Waals surface area contributed by atoms with E-state index in [2.05, 4.69) is 32.7 Å². The van der Waals surface area contributed by atoms with Crippen LogP contribution in [-0.2, 0) is 11.3 Å². The number of hydrogen-bond donors (Lipinski definition) is 2. The summed E-state index contributed by atoms with van der Waals surface area (Å²) in [6.07, 6.45) is 5.15. The highest BCUT2D eigenvalue weighted by molar-refractivity contribution is 5.74. The second-order valence-corrected chi connectivity index (χ2v) is 13.2. The number of hydrogen-bond acceptors (Lipinski definition) is 12. The minimum Gasteiger partial charge on any atom is -0.493 e. The molecule has 3 N–H and O–H groups in total. The third-order valence-corrected chi connectivity index (χ3v) is 8.70. The van der Waals surface area contributed by atoms with Crippen molar-refractivity contribution in [3.63, 3.8) is 0 Å². The summed E-state index contributed by atoms with van der Waals surface area (Å²) in [5, 5.41) is 8.46. The molecular formula is C34H46N10O5. The maximum absolute atomic E-state index is 12.6. The van der Waals surface area contributed by atoms with Crippen molar-refractivity contribution < 1.29 is 23.7 Å². The molecule has 1 aromatic carbocycles. The van der Waals surface area contributed by atoms with Gasteiger partial charge in [0.25, 0.3) is 0 Å². The minimum absolute atomic E-state index is 0.0514. The first-order valence-electron chi connectivity index (χ1n) is 16.4. The third kappa shape index (κ3) is 7.16. The zero-order valence-electron chi connectivity index (χ0n) is 29.1. The molecule has 0 bridgehead atoms. The fraction of sp³-hybridized carbons (Fsp3) is 0.471. The number of fused-ring (bicyclic) bond motifs is 1. The van der Waals surface area contributed by atoms with Gasteiger partial charge in [-0.05, 0) is 45.7 Å². The van der Waals surface area contributed by atoms with E-state index in [4.69, 9.17) is 34.8 Å². The first-order chi connectivity index (χ1) is 23.5. The standard InChI is InChI=1S/C34H46N10O5/c1-22(35)25-9-8-12-43(25)32-38-31(37-29-20-42(21-36-29)24-17-27(46-5)30(48-7)28(18-24)47-6)26-11-10-23(44(26)39-32)19-40-13-15-41(16-14-40)33(45)49-34(2,3)4/h10-11,17-18,20-21,25H,1,8-9,12-16,19,35H2,2-7H3,(H,37,38,39)/t25-/m0/s1. The summed E-state index contributed by atoms with van der Waals surface area (Å²) in [5.74, 6) is 3.33. The van der Waals surface area contributed by atoms with E-state index in [1.165, 1.54) is 0 Å². The molecule has 4 aromatic rings. The summed E-state index contributed by atoms with van der Waals surface area (Å²) in [4.78, 5) is 28.4. The molecule has 0 unspecified atom stereocenters. The van der Waals surface area contributed by atoms with Gasteiger partial charge in [-0.3, -0.25) is 4.90 Å². The fourth-order valence-electron chi connectivity index (χ4n) is 6.27. The molecular weight excluding hydrogens is 628 g/mol. The Bertz CT molecular complexity index is 1800. The lowest BCUT2D eigenvalue weighted by Crippen LogP contribution is -2.49. The molecule has 0 saturated carbocycles. The van der Waals surface area contributed by atoms with Gasteiger partial charge >= 0.3 is 6.09 Å². The topological polar surface area (TPSA) is 150 Å². The first kappa shape index (κ1) is 33.7. The summed E-state index contributed by atoms with van der Waals surface area (Å²) in [7, 11) is 4.74. The van der Waals surface area contributed by atoms with Crippen LogP contribution in [-0.4, -0.2) is 106 Å². The molecule has 3 aromatic heterocycles. The van der Waals surface area contributed by atoms with Crippen molar-refractivity contribution in [2.24, 2.45) is 5.73 Å². The van der Waals surface area contributed by atoms with E-state index in [1.807, 2.05) is 54.2 Å². The van der Waals surface area contributed by atoms with Crippen LogP contribution in [0, 0.1) is 0 Å². The molecule has 49 heavy (non-hydrogen) atoms. The number of aromatic nitrogens is 5. The number of imidazole rings is 1. The predicted octanol–water partition coefficient (Wildman–Crippen LogP) is 4.18. The summed E-state index contributed by atoms with van der Waals surface area (Å²) in [6.45, 7) is 13.7. The molecule has 262 valence electrons. The molecule has 2 fully saturated rings. The van der Waals surface area contributed by atoms with Gasteiger partial charge < -0.3 is 44.4 Å². The largest absolute Gasteiger partial charge is 0.493 e. The molecule has 15 heteroatoms. The quantitative estimate of drug-likeness (QED) is 0.249. The first-order valence-corrected chi connectivity index (χ1v) is 16.4. The number of ether oxygens (including phenoxy) is 4. The SMILES string of the molecule is C=C(N)[C@@H]1CCCN1c1nc(Nc2cn(-c3cc(OC)c(OC)c(OC)c3)cn2)c2ccc(CN3CCN(C(=O)OC(C)(C)C)CC3)n2n1. The number of rotatable bonds is 10. The highest BCUT2D eigenvalue weighted by Gasteiger charge is 2.30. The van der Waals surface area contributed by atoms with Crippen molar-refractivity contribution in [1.82, 2.24) is 33.9 Å². The lowest BCUT2D eigenvalue weighted by atomic mass is 10.2. The van der Waals surface area contributed by atoms with Crippen LogP contribution in [0.3, 0.4) is 0 Å². The van der Waals surface area contributed by atoms with Gasteiger partial charge in [0.1, 0.15) is 23.3 Å². The number of amides is 1. The van der Waals surface area contributed by atoms with Crippen LogP contribution in [0.25, 0.3) is 11.2 Å². The lowest BCUT2D eigenvalue weighted by molar-refractivity contribution is 0.0137.